The second kappa shape index (κ2) is 4.57. The number of nitrogens with one attached hydrogen (secondary N) is 1. The third-order valence-corrected chi connectivity index (χ3v) is 3.55. The van der Waals surface area contributed by atoms with E-state index in [2.05, 4.69) is 10.3 Å². The first-order valence-corrected chi connectivity index (χ1v) is 6.44. The number of aromatic nitrogens is 1. The number of carbonyl (C=O) groups is 1. The van der Waals surface area contributed by atoms with Crippen LogP contribution >= 0.6 is 0 Å². The van der Waals surface area contributed by atoms with E-state index in [1.807, 2.05) is 6.07 Å². The summed E-state index contributed by atoms with van der Waals surface area (Å²) in [6, 6.07) is 1.87. The molecule has 5 nitrogen and oxygen atoms in total. The molecule has 0 radical (unpaired) electrons. The number of nitrogens with zero attached hydrogens (tertiary/aromatic N) is 1. The van der Waals surface area contributed by atoms with Gasteiger partial charge in [-0.25, -0.2) is 4.98 Å². The van der Waals surface area contributed by atoms with Gasteiger partial charge in [-0.2, -0.15) is 0 Å². The van der Waals surface area contributed by atoms with E-state index >= 15 is 0 Å². The van der Waals surface area contributed by atoms with Crippen LogP contribution in [0.15, 0.2) is 6.07 Å². The Bertz CT molecular complexity index is 483. The maximum atomic E-state index is 11.5. The molecule has 1 aliphatic heterocycles. The quantitative estimate of drug-likeness (QED) is 0.811. The summed E-state index contributed by atoms with van der Waals surface area (Å²) in [6.45, 7) is 1.61. The van der Waals surface area contributed by atoms with Gasteiger partial charge in [0.15, 0.2) is 0 Å². The molecule has 1 aliphatic carbocycles. The number of primary amides is 1. The number of carbonyl (C=O) groups excluding carboxylic acids is 1. The van der Waals surface area contributed by atoms with Crippen LogP contribution in [0.1, 0.15) is 34.5 Å². The molecule has 1 fully saturated rings. The highest BCUT2D eigenvalue weighted by atomic mass is 16.5. The topological polar surface area (TPSA) is 77.2 Å². The lowest BCUT2D eigenvalue weighted by Gasteiger charge is -2.28. The molecule has 0 unspecified atom stereocenters. The largest absolute Gasteiger partial charge is 0.471 e. The van der Waals surface area contributed by atoms with Crippen molar-refractivity contribution < 1.29 is 9.53 Å². The molecule has 1 aromatic rings. The van der Waals surface area contributed by atoms with E-state index in [4.69, 9.17) is 10.5 Å². The fourth-order valence-corrected chi connectivity index (χ4v) is 2.38. The minimum atomic E-state index is -0.460. The van der Waals surface area contributed by atoms with Gasteiger partial charge in [-0.05, 0) is 37.3 Å². The van der Waals surface area contributed by atoms with Gasteiger partial charge in [-0.3, -0.25) is 4.79 Å². The van der Waals surface area contributed by atoms with Crippen molar-refractivity contribution in [3.05, 3.63) is 22.9 Å². The molecule has 2 aliphatic rings. The number of aryl methyl sites for hydroxylation is 2. The van der Waals surface area contributed by atoms with Crippen LogP contribution in [0.25, 0.3) is 0 Å². The Hall–Kier alpha value is -1.62. The summed E-state index contributed by atoms with van der Waals surface area (Å²) in [5.41, 5.74) is 8.04. The van der Waals surface area contributed by atoms with Crippen molar-refractivity contribution in [2.24, 2.45) is 5.73 Å². The summed E-state index contributed by atoms with van der Waals surface area (Å²) >= 11 is 0. The van der Waals surface area contributed by atoms with Crippen LogP contribution in [-0.4, -0.2) is 30.1 Å². The highest BCUT2D eigenvalue weighted by molar-refractivity contribution is 5.95. The Morgan fingerprint density at radius 1 is 1.39 bits per heavy atom. The summed E-state index contributed by atoms with van der Waals surface area (Å²) in [5, 5.41) is 3.12. The van der Waals surface area contributed by atoms with Crippen LogP contribution in [0.5, 0.6) is 5.88 Å². The second-order valence-corrected chi connectivity index (χ2v) is 4.92. The standard InChI is InChI=1S/C13H17N3O2/c14-12(17)10-5-8-3-1-2-4-11(8)16-13(10)18-9-6-15-7-9/h5,9,15H,1-4,6-7H2,(H2,14,17). The first-order valence-electron chi connectivity index (χ1n) is 6.44. The number of hydrogen-bond donors (Lipinski definition) is 2. The van der Waals surface area contributed by atoms with Crippen LogP contribution in [0.2, 0.25) is 0 Å². The zero-order valence-corrected chi connectivity index (χ0v) is 10.2. The average molecular weight is 247 g/mol. The molecule has 3 rings (SSSR count). The van der Waals surface area contributed by atoms with Gasteiger partial charge in [-0.1, -0.05) is 0 Å². The van der Waals surface area contributed by atoms with Gasteiger partial charge < -0.3 is 15.8 Å². The molecule has 3 N–H and O–H groups in total. The van der Waals surface area contributed by atoms with Gasteiger partial charge in [0.25, 0.3) is 5.91 Å². The van der Waals surface area contributed by atoms with Crippen LogP contribution in [0.3, 0.4) is 0 Å². The number of nitrogens with two attached hydrogens (primary N) is 1. The molecule has 1 aromatic heterocycles. The monoisotopic (exact) mass is 247 g/mol. The van der Waals surface area contributed by atoms with E-state index in [-0.39, 0.29) is 6.10 Å². The Labute approximate surface area is 106 Å². The molecule has 18 heavy (non-hydrogen) atoms. The third kappa shape index (κ3) is 2.06. The SMILES string of the molecule is NC(=O)c1cc2c(nc1OC1CNC1)CCCC2. The molecule has 2 heterocycles. The van der Waals surface area contributed by atoms with Gasteiger partial charge >= 0.3 is 0 Å². The summed E-state index contributed by atoms with van der Waals surface area (Å²) in [7, 11) is 0. The summed E-state index contributed by atoms with van der Waals surface area (Å²) in [4.78, 5) is 16.0. The zero-order valence-electron chi connectivity index (χ0n) is 10.2. The Kier molecular flexibility index (Phi) is 2.91. The van der Waals surface area contributed by atoms with Crippen LogP contribution < -0.4 is 15.8 Å². The van der Waals surface area contributed by atoms with Gasteiger partial charge in [-0.15, -0.1) is 0 Å². The van der Waals surface area contributed by atoms with Crippen molar-refractivity contribution in [1.29, 1.82) is 0 Å². The first kappa shape index (κ1) is 11.5. The molecule has 96 valence electrons. The van der Waals surface area contributed by atoms with Crippen LogP contribution in [0.4, 0.5) is 0 Å². The second-order valence-electron chi connectivity index (χ2n) is 4.92. The van der Waals surface area contributed by atoms with E-state index in [0.717, 1.165) is 50.0 Å². The third-order valence-electron chi connectivity index (χ3n) is 3.55. The normalized spacial score (nSPS) is 18.9. The number of ether oxygens (including phenoxy) is 1. The zero-order chi connectivity index (χ0) is 12.5. The molecular weight excluding hydrogens is 230 g/mol. The summed E-state index contributed by atoms with van der Waals surface area (Å²) < 4.78 is 5.73. The highest BCUT2D eigenvalue weighted by Gasteiger charge is 2.24. The van der Waals surface area contributed by atoms with Crippen molar-refractivity contribution in [3.8, 4) is 5.88 Å². The van der Waals surface area contributed by atoms with E-state index in [1.54, 1.807) is 0 Å². The number of hydrogen-bond acceptors (Lipinski definition) is 4. The first-order chi connectivity index (χ1) is 8.74. The Balaban J connectivity index is 1.95. The maximum Gasteiger partial charge on any atom is 0.254 e. The van der Waals surface area contributed by atoms with Crippen molar-refractivity contribution in [3.63, 3.8) is 0 Å². The highest BCUT2D eigenvalue weighted by Crippen LogP contribution is 2.26. The Morgan fingerprint density at radius 3 is 2.83 bits per heavy atom. The lowest BCUT2D eigenvalue weighted by atomic mass is 9.95. The number of fused-ring (bicyclic) bond motifs is 1. The fraction of sp³-hybridized carbons (Fsp3) is 0.538. The van der Waals surface area contributed by atoms with Crippen LogP contribution in [0, 0.1) is 0 Å². The molecule has 5 heteroatoms. The molecule has 0 saturated carbocycles. The molecule has 1 saturated heterocycles. The van der Waals surface area contributed by atoms with Gasteiger partial charge in [0.2, 0.25) is 5.88 Å². The minimum Gasteiger partial charge on any atom is -0.471 e. The van der Waals surface area contributed by atoms with Crippen molar-refractivity contribution in [1.82, 2.24) is 10.3 Å². The summed E-state index contributed by atoms with van der Waals surface area (Å²) in [6.07, 6.45) is 4.36. The summed E-state index contributed by atoms with van der Waals surface area (Å²) in [5.74, 6) is -0.0483. The predicted molar refractivity (Wildman–Crippen MR) is 66.7 cm³/mol. The van der Waals surface area contributed by atoms with E-state index in [0.29, 0.717) is 11.4 Å². The fourth-order valence-electron chi connectivity index (χ4n) is 2.38. The van der Waals surface area contributed by atoms with Gasteiger partial charge in [0.05, 0.1) is 0 Å². The van der Waals surface area contributed by atoms with Crippen molar-refractivity contribution in [2.75, 3.05) is 13.1 Å². The lowest BCUT2D eigenvalue weighted by molar-refractivity contribution is 0.0979. The van der Waals surface area contributed by atoms with E-state index < -0.39 is 5.91 Å². The molecule has 0 aromatic carbocycles. The minimum absolute atomic E-state index is 0.109. The molecule has 0 bridgehead atoms. The molecule has 0 spiro atoms. The average Bonchev–Trinajstić information content (AvgIpc) is 2.32. The molecular formula is C13H17N3O2. The predicted octanol–water partition coefficient (Wildman–Crippen LogP) is 0.410. The number of rotatable bonds is 3. The van der Waals surface area contributed by atoms with Gasteiger partial charge in [0, 0.05) is 18.8 Å². The van der Waals surface area contributed by atoms with Crippen molar-refractivity contribution >= 4 is 5.91 Å². The number of amides is 1. The van der Waals surface area contributed by atoms with Crippen LogP contribution in [-0.2, 0) is 12.8 Å². The molecule has 0 atom stereocenters. The van der Waals surface area contributed by atoms with E-state index in [1.165, 1.54) is 0 Å². The van der Waals surface area contributed by atoms with E-state index in [9.17, 15) is 4.79 Å². The Morgan fingerprint density at radius 2 is 2.17 bits per heavy atom. The maximum absolute atomic E-state index is 11.5. The smallest absolute Gasteiger partial charge is 0.254 e. The van der Waals surface area contributed by atoms with Crippen molar-refractivity contribution in [2.45, 2.75) is 31.8 Å². The molecule has 1 amide bonds. The number of pyridine rings is 1. The van der Waals surface area contributed by atoms with Gasteiger partial charge in [0.1, 0.15) is 11.7 Å². The lowest BCUT2D eigenvalue weighted by Crippen LogP contribution is -2.50.